The normalized spacial score (nSPS) is 13.9. The van der Waals surface area contributed by atoms with Crippen LogP contribution in [0.5, 0.6) is 0 Å². The number of aromatic nitrogens is 4. The fourth-order valence-corrected chi connectivity index (χ4v) is 3.79. The molecule has 1 fully saturated rings. The summed E-state index contributed by atoms with van der Waals surface area (Å²) in [5.74, 6) is -1.61. The summed E-state index contributed by atoms with van der Waals surface area (Å²) in [6.45, 7) is 3.27. The van der Waals surface area contributed by atoms with E-state index in [1.807, 2.05) is 12.3 Å². The van der Waals surface area contributed by atoms with Crippen LogP contribution in [0.2, 0.25) is 0 Å². The molecule has 1 aliphatic rings. The van der Waals surface area contributed by atoms with Gasteiger partial charge in [0, 0.05) is 43.3 Å². The van der Waals surface area contributed by atoms with Gasteiger partial charge < -0.3 is 25.6 Å². The van der Waals surface area contributed by atoms with E-state index in [2.05, 4.69) is 15.5 Å². The van der Waals surface area contributed by atoms with Gasteiger partial charge in [-0.05, 0) is 30.5 Å². The Bertz CT molecular complexity index is 1140. The van der Waals surface area contributed by atoms with Gasteiger partial charge in [0.15, 0.2) is 5.69 Å². The molecule has 3 aromatic rings. The molecule has 2 aromatic heterocycles. The standard InChI is InChI=1S/C23H28N6O5.Li.H/c24-6-10-34-11-7-28-14-18(13-25-28)16-2-1-3-17(12-16)22(30)26-20-15-29(27-21(20)23(31)32)19-4-8-33-9-5-19;;/h1-3,12-15,19H,4-11,24H2,(H,26,30)(H,31,32);;. The zero-order valence-electron chi connectivity index (χ0n) is 18.7. The van der Waals surface area contributed by atoms with E-state index in [-0.39, 0.29) is 36.3 Å². The van der Waals surface area contributed by atoms with Gasteiger partial charge in [0.2, 0.25) is 0 Å². The number of carbonyl (C=O) groups excluding carboxylic acids is 1. The zero-order valence-corrected chi connectivity index (χ0v) is 18.7. The molecule has 0 unspecified atom stereocenters. The molecule has 4 N–H and O–H groups in total. The van der Waals surface area contributed by atoms with Crippen LogP contribution in [0.25, 0.3) is 11.1 Å². The predicted molar refractivity (Wildman–Crippen MR) is 131 cm³/mol. The number of carboxylic acid groups (broad SMARTS) is 1. The number of hydrogen-bond acceptors (Lipinski definition) is 7. The number of nitrogens with zero attached hydrogens (tertiary/aromatic N) is 4. The van der Waals surface area contributed by atoms with Crippen LogP contribution in [0.4, 0.5) is 5.69 Å². The molecule has 11 nitrogen and oxygen atoms in total. The Labute approximate surface area is 214 Å². The van der Waals surface area contributed by atoms with Crippen molar-refractivity contribution in [2.75, 3.05) is 38.3 Å². The first-order chi connectivity index (χ1) is 16.5. The van der Waals surface area contributed by atoms with Crippen LogP contribution in [0.3, 0.4) is 0 Å². The van der Waals surface area contributed by atoms with Gasteiger partial charge in [0.05, 0.1) is 37.7 Å². The Hall–Kier alpha value is -2.94. The monoisotopic (exact) mass is 476 g/mol. The number of nitrogens with two attached hydrogens (primary N) is 1. The van der Waals surface area contributed by atoms with Crippen LogP contribution in [0.15, 0.2) is 42.9 Å². The van der Waals surface area contributed by atoms with E-state index in [1.165, 1.54) is 0 Å². The van der Waals surface area contributed by atoms with E-state index in [9.17, 15) is 14.7 Å². The summed E-state index contributed by atoms with van der Waals surface area (Å²) >= 11 is 0. The molecule has 182 valence electrons. The van der Waals surface area contributed by atoms with Gasteiger partial charge in [-0.1, -0.05) is 12.1 Å². The Kier molecular flexibility index (Phi) is 9.65. The summed E-state index contributed by atoms with van der Waals surface area (Å²) in [7, 11) is 0. The molecule has 4 rings (SSSR count). The van der Waals surface area contributed by atoms with E-state index < -0.39 is 11.9 Å². The van der Waals surface area contributed by atoms with Crippen LogP contribution in [-0.4, -0.2) is 88.4 Å². The number of benzene rings is 1. The van der Waals surface area contributed by atoms with E-state index in [0.717, 1.165) is 24.0 Å². The molecule has 12 heteroatoms. The van der Waals surface area contributed by atoms with Crippen LogP contribution in [0, 0.1) is 0 Å². The average Bonchev–Trinajstić information content (AvgIpc) is 3.50. The minimum atomic E-state index is -1.20. The number of aromatic carboxylic acids is 1. The minimum absolute atomic E-state index is 0. The van der Waals surface area contributed by atoms with Crippen molar-refractivity contribution in [3.63, 3.8) is 0 Å². The van der Waals surface area contributed by atoms with Crippen LogP contribution >= 0.6 is 0 Å². The van der Waals surface area contributed by atoms with Gasteiger partial charge in [-0.3, -0.25) is 14.2 Å². The van der Waals surface area contributed by atoms with Crippen molar-refractivity contribution < 1.29 is 24.2 Å². The second-order valence-corrected chi connectivity index (χ2v) is 7.95. The summed E-state index contributed by atoms with van der Waals surface area (Å²) in [6.07, 6.45) is 6.66. The van der Waals surface area contributed by atoms with Gasteiger partial charge in [-0.25, -0.2) is 4.79 Å². The summed E-state index contributed by atoms with van der Waals surface area (Å²) < 4.78 is 14.1. The molecule has 0 aliphatic carbocycles. The molecule has 0 bridgehead atoms. The quantitative estimate of drug-likeness (QED) is 0.294. The number of rotatable bonds is 10. The molecular weight excluding hydrogens is 447 g/mol. The van der Waals surface area contributed by atoms with E-state index in [4.69, 9.17) is 15.2 Å². The predicted octanol–water partition coefficient (Wildman–Crippen LogP) is 1.38. The number of hydrogen-bond donors (Lipinski definition) is 3. The number of carbonyl (C=O) groups is 2. The first-order valence-electron chi connectivity index (χ1n) is 11.2. The third kappa shape index (κ3) is 6.81. The van der Waals surface area contributed by atoms with Gasteiger partial charge >= 0.3 is 24.8 Å². The van der Waals surface area contributed by atoms with Crippen LogP contribution < -0.4 is 11.1 Å². The van der Waals surface area contributed by atoms with Gasteiger partial charge in [0.25, 0.3) is 5.91 Å². The van der Waals surface area contributed by atoms with Gasteiger partial charge in [0.1, 0.15) is 0 Å². The number of carboxylic acids is 1. The van der Waals surface area contributed by atoms with Gasteiger partial charge in [-0.2, -0.15) is 10.2 Å². The van der Waals surface area contributed by atoms with Crippen molar-refractivity contribution in [1.82, 2.24) is 19.6 Å². The first-order valence-corrected chi connectivity index (χ1v) is 11.2. The summed E-state index contributed by atoms with van der Waals surface area (Å²) in [5, 5.41) is 20.8. The van der Waals surface area contributed by atoms with Crippen molar-refractivity contribution >= 4 is 36.4 Å². The number of ether oxygens (including phenoxy) is 2. The second kappa shape index (κ2) is 12.7. The summed E-state index contributed by atoms with van der Waals surface area (Å²) in [6, 6.07) is 7.11. The molecule has 1 aromatic carbocycles. The average molecular weight is 476 g/mol. The maximum atomic E-state index is 13.0. The molecule has 3 heterocycles. The fourth-order valence-electron chi connectivity index (χ4n) is 3.79. The van der Waals surface area contributed by atoms with E-state index in [1.54, 1.807) is 40.0 Å². The van der Waals surface area contributed by atoms with E-state index in [0.29, 0.717) is 45.1 Å². The second-order valence-electron chi connectivity index (χ2n) is 7.95. The first kappa shape index (κ1) is 26.7. The number of nitrogens with one attached hydrogen (secondary N) is 1. The molecule has 0 saturated carbocycles. The zero-order chi connectivity index (χ0) is 23.9. The molecular formula is C23H29LiN6O5. The third-order valence-corrected chi connectivity index (χ3v) is 5.57. The SMILES string of the molecule is NCCOCCn1cc(-c2cccc(C(=O)Nc3cn(C4CCOCC4)nc3C(=O)O)c2)cn1.[LiH]. The van der Waals surface area contributed by atoms with Crippen LogP contribution in [-0.2, 0) is 16.0 Å². The Morgan fingerprint density at radius 2 is 2.00 bits per heavy atom. The van der Waals surface area contributed by atoms with E-state index >= 15 is 0 Å². The third-order valence-electron chi connectivity index (χ3n) is 5.57. The summed E-state index contributed by atoms with van der Waals surface area (Å²) in [4.78, 5) is 24.7. The van der Waals surface area contributed by atoms with Crippen molar-refractivity contribution in [3.05, 3.63) is 54.1 Å². The van der Waals surface area contributed by atoms with Crippen molar-refractivity contribution in [2.24, 2.45) is 5.73 Å². The maximum absolute atomic E-state index is 13.0. The van der Waals surface area contributed by atoms with Crippen molar-refractivity contribution in [1.29, 1.82) is 0 Å². The molecule has 35 heavy (non-hydrogen) atoms. The van der Waals surface area contributed by atoms with Crippen molar-refractivity contribution in [3.8, 4) is 11.1 Å². The molecule has 0 spiro atoms. The number of anilines is 1. The summed E-state index contributed by atoms with van der Waals surface area (Å²) in [5.41, 5.74) is 7.46. The number of amides is 1. The Morgan fingerprint density at radius 3 is 2.74 bits per heavy atom. The Morgan fingerprint density at radius 1 is 1.20 bits per heavy atom. The molecule has 1 amide bonds. The van der Waals surface area contributed by atoms with Crippen molar-refractivity contribution in [2.45, 2.75) is 25.4 Å². The van der Waals surface area contributed by atoms with Gasteiger partial charge in [-0.15, -0.1) is 0 Å². The molecule has 1 saturated heterocycles. The topological polar surface area (TPSA) is 147 Å². The molecule has 1 aliphatic heterocycles. The Balaban J connectivity index is 0.00000342. The molecule has 0 atom stereocenters. The fraction of sp³-hybridized carbons (Fsp3) is 0.391. The molecule has 0 radical (unpaired) electrons. The van der Waals surface area contributed by atoms with Crippen LogP contribution in [0.1, 0.15) is 39.7 Å².